The van der Waals surface area contributed by atoms with Gasteiger partial charge in [0.15, 0.2) is 11.5 Å². The van der Waals surface area contributed by atoms with Crippen molar-refractivity contribution in [3.05, 3.63) is 28.7 Å². The van der Waals surface area contributed by atoms with Gasteiger partial charge in [0, 0.05) is 0 Å². The molecule has 27 heavy (non-hydrogen) atoms. The molecule has 0 saturated carbocycles. The van der Waals surface area contributed by atoms with E-state index in [0.717, 1.165) is 16.7 Å². The van der Waals surface area contributed by atoms with Crippen LogP contribution in [-0.4, -0.2) is 48.4 Å². The first-order valence-corrected chi connectivity index (χ1v) is 9.46. The first kappa shape index (κ1) is 20.8. The number of thioether (sulfide) groups is 1. The highest BCUT2D eigenvalue weighted by Gasteiger charge is 2.36. The minimum Gasteiger partial charge on any atom is -0.493 e. The van der Waals surface area contributed by atoms with Gasteiger partial charge in [0.25, 0.3) is 11.1 Å². The van der Waals surface area contributed by atoms with Crippen molar-refractivity contribution in [3.8, 4) is 11.5 Å². The van der Waals surface area contributed by atoms with Gasteiger partial charge in [0.1, 0.15) is 6.54 Å². The molecular weight excluding hydrogens is 370 g/mol. The molecule has 0 aromatic heterocycles. The number of ether oxygens (including phenoxy) is 3. The van der Waals surface area contributed by atoms with Gasteiger partial charge in [-0.15, -0.1) is 0 Å². The zero-order chi connectivity index (χ0) is 20.0. The van der Waals surface area contributed by atoms with Gasteiger partial charge >= 0.3 is 5.97 Å². The lowest BCUT2D eigenvalue weighted by molar-refractivity contribution is -0.150. The Hall–Kier alpha value is -2.48. The van der Waals surface area contributed by atoms with E-state index in [-0.39, 0.29) is 17.6 Å². The predicted molar refractivity (Wildman–Crippen MR) is 103 cm³/mol. The molecular formula is C19H23NO6S. The van der Waals surface area contributed by atoms with Crippen LogP contribution >= 0.6 is 11.8 Å². The molecule has 8 heteroatoms. The molecule has 146 valence electrons. The summed E-state index contributed by atoms with van der Waals surface area (Å²) in [5, 5.41) is -0.495. The van der Waals surface area contributed by atoms with E-state index in [2.05, 4.69) is 0 Å². The maximum atomic E-state index is 12.5. The number of hydrogen-bond acceptors (Lipinski definition) is 7. The third kappa shape index (κ3) is 5.26. The Kier molecular flexibility index (Phi) is 7.29. The highest BCUT2D eigenvalue weighted by Crippen LogP contribution is 2.34. The Morgan fingerprint density at radius 3 is 2.63 bits per heavy atom. The summed E-state index contributed by atoms with van der Waals surface area (Å²) < 4.78 is 15.9. The average molecular weight is 393 g/mol. The lowest BCUT2D eigenvalue weighted by Crippen LogP contribution is -2.35. The maximum absolute atomic E-state index is 12.5. The molecule has 7 nitrogen and oxygen atoms in total. The normalized spacial score (nSPS) is 16.6. The van der Waals surface area contributed by atoms with E-state index in [1.165, 1.54) is 0 Å². The first-order valence-electron chi connectivity index (χ1n) is 8.65. The molecule has 1 aliphatic rings. The van der Waals surface area contributed by atoms with Crippen LogP contribution in [0.4, 0.5) is 4.79 Å². The number of imide groups is 1. The van der Waals surface area contributed by atoms with Crippen LogP contribution < -0.4 is 9.47 Å². The first-order chi connectivity index (χ1) is 12.9. The Bertz CT molecular complexity index is 761. The van der Waals surface area contributed by atoms with Gasteiger partial charge in [-0.3, -0.25) is 19.3 Å². The van der Waals surface area contributed by atoms with Crippen LogP contribution in [0, 0.1) is 0 Å². The number of methoxy groups -OCH3 is 1. The van der Waals surface area contributed by atoms with Crippen molar-refractivity contribution in [3.63, 3.8) is 0 Å². The smallest absolute Gasteiger partial charge is 0.326 e. The summed E-state index contributed by atoms with van der Waals surface area (Å²) in [6.07, 6.45) is 1.99. The second kappa shape index (κ2) is 9.45. The van der Waals surface area contributed by atoms with Crippen LogP contribution in [0.2, 0.25) is 0 Å². The molecule has 1 heterocycles. The third-order valence-electron chi connectivity index (χ3n) is 3.85. The van der Waals surface area contributed by atoms with E-state index in [4.69, 9.17) is 14.2 Å². The van der Waals surface area contributed by atoms with Crippen molar-refractivity contribution in [2.45, 2.75) is 33.3 Å². The van der Waals surface area contributed by atoms with E-state index in [1.54, 1.807) is 38.3 Å². The van der Waals surface area contributed by atoms with Crippen molar-refractivity contribution in [1.82, 2.24) is 4.90 Å². The largest absolute Gasteiger partial charge is 0.493 e. The Morgan fingerprint density at radius 2 is 2.00 bits per heavy atom. The molecule has 1 saturated heterocycles. The van der Waals surface area contributed by atoms with E-state index in [0.29, 0.717) is 30.1 Å². The molecule has 1 atom stereocenters. The highest BCUT2D eigenvalue weighted by atomic mass is 32.2. The van der Waals surface area contributed by atoms with Gasteiger partial charge in [-0.05, 0) is 55.8 Å². The molecule has 0 aliphatic carbocycles. The van der Waals surface area contributed by atoms with Crippen LogP contribution in [0.25, 0.3) is 6.08 Å². The Labute approximate surface area is 162 Å². The van der Waals surface area contributed by atoms with Crippen LogP contribution in [0.3, 0.4) is 0 Å². The summed E-state index contributed by atoms with van der Waals surface area (Å²) in [5.41, 5.74) is 0.687. The van der Waals surface area contributed by atoms with E-state index in [9.17, 15) is 14.4 Å². The Balaban J connectivity index is 2.16. The van der Waals surface area contributed by atoms with Crippen LogP contribution in [0.5, 0.6) is 11.5 Å². The zero-order valence-corrected chi connectivity index (χ0v) is 16.6. The molecule has 2 amide bonds. The zero-order valence-electron chi connectivity index (χ0n) is 15.8. The number of benzene rings is 1. The second-order valence-electron chi connectivity index (χ2n) is 5.82. The number of nitrogens with zero attached hydrogens (tertiary/aromatic N) is 1. The molecule has 0 N–H and O–H groups in total. The van der Waals surface area contributed by atoms with Gasteiger partial charge in [0.2, 0.25) is 0 Å². The van der Waals surface area contributed by atoms with E-state index < -0.39 is 17.1 Å². The molecule has 1 aliphatic heterocycles. The maximum Gasteiger partial charge on any atom is 0.326 e. The predicted octanol–water partition coefficient (Wildman–Crippen LogP) is 3.47. The lowest BCUT2D eigenvalue weighted by Gasteiger charge is -2.14. The fraction of sp³-hybridized carbons (Fsp3) is 0.421. The van der Waals surface area contributed by atoms with Gasteiger partial charge in [-0.2, -0.15) is 0 Å². The number of esters is 1. The molecule has 0 radical (unpaired) electrons. The van der Waals surface area contributed by atoms with E-state index >= 15 is 0 Å². The fourth-order valence-corrected chi connectivity index (χ4v) is 3.15. The summed E-state index contributed by atoms with van der Waals surface area (Å²) in [7, 11) is 1.54. The standard InChI is InChI=1S/C19H23NO6S/c1-5-12(3)26-17(21)11-20-18(22)16(27-19(20)23)10-13-7-8-14(24-4)15(9-13)25-6-2/h7-10,12H,5-6,11H2,1-4H3/b16-10+/t12-/m1/s1. The topological polar surface area (TPSA) is 82.1 Å². The molecule has 0 bridgehead atoms. The summed E-state index contributed by atoms with van der Waals surface area (Å²) in [6, 6.07) is 5.21. The molecule has 1 aromatic carbocycles. The molecule has 0 unspecified atom stereocenters. The molecule has 1 fully saturated rings. The summed E-state index contributed by atoms with van der Waals surface area (Å²) in [6.45, 7) is 5.57. The third-order valence-corrected chi connectivity index (χ3v) is 4.76. The molecule has 1 aromatic rings. The SMILES string of the molecule is CCOc1cc(/C=C2/SC(=O)N(CC(=O)O[C@H](C)CC)C2=O)ccc1OC. The molecule has 2 rings (SSSR count). The quantitative estimate of drug-likeness (QED) is 0.494. The second-order valence-corrected chi connectivity index (χ2v) is 6.81. The van der Waals surface area contributed by atoms with Crippen molar-refractivity contribution in [1.29, 1.82) is 0 Å². The molecule has 0 spiro atoms. The van der Waals surface area contributed by atoms with Crippen molar-refractivity contribution < 1.29 is 28.6 Å². The summed E-state index contributed by atoms with van der Waals surface area (Å²) >= 11 is 0.791. The lowest BCUT2D eigenvalue weighted by atomic mass is 10.2. The minimum atomic E-state index is -0.601. The highest BCUT2D eigenvalue weighted by molar-refractivity contribution is 8.18. The minimum absolute atomic E-state index is 0.240. The van der Waals surface area contributed by atoms with Crippen molar-refractivity contribution in [2.75, 3.05) is 20.3 Å². The van der Waals surface area contributed by atoms with Gasteiger partial charge in [-0.1, -0.05) is 13.0 Å². The fourth-order valence-electron chi connectivity index (χ4n) is 2.31. The van der Waals surface area contributed by atoms with Crippen LogP contribution in [0.1, 0.15) is 32.8 Å². The number of hydrogen-bond donors (Lipinski definition) is 0. The van der Waals surface area contributed by atoms with Gasteiger partial charge < -0.3 is 14.2 Å². The number of amides is 2. The number of carbonyl (C=O) groups excluding carboxylic acids is 3. The van der Waals surface area contributed by atoms with Crippen LogP contribution in [0.15, 0.2) is 23.1 Å². The number of rotatable bonds is 8. The van der Waals surface area contributed by atoms with Gasteiger partial charge in [-0.25, -0.2) is 0 Å². The Morgan fingerprint density at radius 1 is 1.26 bits per heavy atom. The van der Waals surface area contributed by atoms with Crippen LogP contribution in [-0.2, 0) is 14.3 Å². The summed E-state index contributed by atoms with van der Waals surface area (Å²) in [4.78, 5) is 37.6. The van der Waals surface area contributed by atoms with Crippen molar-refractivity contribution in [2.24, 2.45) is 0 Å². The number of carbonyl (C=O) groups is 3. The average Bonchev–Trinajstić information content (AvgIpc) is 2.89. The van der Waals surface area contributed by atoms with Crippen molar-refractivity contribution >= 4 is 35.0 Å². The monoisotopic (exact) mass is 393 g/mol. The van der Waals surface area contributed by atoms with E-state index in [1.807, 2.05) is 13.8 Å². The van der Waals surface area contributed by atoms with Gasteiger partial charge in [0.05, 0.1) is 24.7 Å². The summed E-state index contributed by atoms with van der Waals surface area (Å²) in [5.74, 6) is 0.0101.